The van der Waals surface area contributed by atoms with Gasteiger partial charge >= 0.3 is 0 Å². The van der Waals surface area contributed by atoms with Crippen LogP contribution in [0, 0.1) is 11.8 Å². The number of rotatable bonds is 6. The van der Waals surface area contributed by atoms with Crippen LogP contribution in [0.5, 0.6) is 17.2 Å². The van der Waals surface area contributed by atoms with Crippen molar-refractivity contribution in [2.24, 2.45) is 11.8 Å². The van der Waals surface area contributed by atoms with Gasteiger partial charge in [0.25, 0.3) is 0 Å². The first kappa shape index (κ1) is 17.9. The number of benzene rings is 1. The zero-order valence-electron chi connectivity index (χ0n) is 15.4. The van der Waals surface area contributed by atoms with Gasteiger partial charge in [-0.15, -0.1) is 0 Å². The van der Waals surface area contributed by atoms with Gasteiger partial charge in [0, 0.05) is 57.5 Å². The van der Waals surface area contributed by atoms with Gasteiger partial charge in [0.1, 0.15) is 5.75 Å². The normalized spacial score (nSPS) is 26.4. The summed E-state index contributed by atoms with van der Waals surface area (Å²) >= 11 is 0. The first-order valence-electron chi connectivity index (χ1n) is 9.36. The number of morpholine rings is 1. The van der Waals surface area contributed by atoms with Gasteiger partial charge in [-0.2, -0.15) is 0 Å². The molecular weight excluding hydrogens is 336 g/mol. The Morgan fingerprint density at radius 1 is 1.08 bits per heavy atom. The number of likely N-dealkylation sites (tertiary alicyclic amines) is 1. The molecule has 1 N–H and O–H groups in total. The lowest BCUT2D eigenvalue weighted by molar-refractivity contribution is 0.0264. The third-order valence-electron chi connectivity index (χ3n) is 5.65. The Morgan fingerprint density at radius 3 is 2.54 bits per heavy atom. The van der Waals surface area contributed by atoms with Gasteiger partial charge in [-0.3, -0.25) is 9.80 Å². The molecule has 0 saturated carbocycles. The molecule has 3 heterocycles. The van der Waals surface area contributed by atoms with Crippen molar-refractivity contribution in [2.45, 2.75) is 6.54 Å². The van der Waals surface area contributed by atoms with Crippen molar-refractivity contribution in [1.82, 2.24) is 9.80 Å². The molecule has 2 atom stereocenters. The van der Waals surface area contributed by atoms with E-state index in [1.165, 1.54) is 0 Å². The van der Waals surface area contributed by atoms with Gasteiger partial charge < -0.3 is 24.1 Å². The summed E-state index contributed by atoms with van der Waals surface area (Å²) in [7, 11) is 1.68. The van der Waals surface area contributed by atoms with Crippen LogP contribution in [0.25, 0.3) is 0 Å². The summed E-state index contributed by atoms with van der Waals surface area (Å²) in [5.41, 5.74) is 1.10. The van der Waals surface area contributed by atoms with Crippen molar-refractivity contribution in [1.29, 1.82) is 0 Å². The van der Waals surface area contributed by atoms with Gasteiger partial charge in [-0.05, 0) is 17.9 Å². The second-order valence-corrected chi connectivity index (χ2v) is 7.33. The van der Waals surface area contributed by atoms with Gasteiger partial charge in [-0.25, -0.2) is 0 Å². The van der Waals surface area contributed by atoms with Crippen molar-refractivity contribution >= 4 is 0 Å². The zero-order chi connectivity index (χ0) is 17.9. The van der Waals surface area contributed by atoms with Crippen LogP contribution in [0.1, 0.15) is 5.56 Å². The second-order valence-electron chi connectivity index (χ2n) is 7.33. The fourth-order valence-electron chi connectivity index (χ4n) is 4.21. The molecule has 7 nitrogen and oxygen atoms in total. The Balaban J connectivity index is 1.42. The van der Waals surface area contributed by atoms with Crippen molar-refractivity contribution in [3.05, 3.63) is 17.7 Å². The van der Waals surface area contributed by atoms with Crippen molar-refractivity contribution in [3.8, 4) is 17.2 Å². The number of aliphatic hydroxyl groups is 1. The van der Waals surface area contributed by atoms with Crippen LogP contribution in [-0.4, -0.2) is 81.4 Å². The molecule has 2 fully saturated rings. The number of hydrogen-bond acceptors (Lipinski definition) is 7. The molecule has 7 heteroatoms. The standard InChI is InChI=1S/C19H28N2O5/c1-23-17-7-19-18(25-13-26-19)6-14(17)8-21-10-15(16(11-21)12-22)9-20-2-4-24-5-3-20/h6-7,15-16,22H,2-5,8-13H2,1H3. The number of methoxy groups -OCH3 is 1. The van der Waals surface area contributed by atoms with E-state index >= 15 is 0 Å². The zero-order valence-corrected chi connectivity index (χ0v) is 15.4. The Labute approximate surface area is 154 Å². The van der Waals surface area contributed by atoms with Gasteiger partial charge in [0.2, 0.25) is 6.79 Å². The van der Waals surface area contributed by atoms with Crippen LogP contribution in [0.2, 0.25) is 0 Å². The second kappa shape index (κ2) is 8.00. The summed E-state index contributed by atoms with van der Waals surface area (Å²) in [6.07, 6.45) is 0. The van der Waals surface area contributed by atoms with E-state index in [1.807, 2.05) is 12.1 Å². The minimum absolute atomic E-state index is 0.240. The average Bonchev–Trinajstić information content (AvgIpc) is 3.28. The molecule has 0 bridgehead atoms. The summed E-state index contributed by atoms with van der Waals surface area (Å²) in [5.74, 6) is 3.15. The molecule has 26 heavy (non-hydrogen) atoms. The summed E-state index contributed by atoms with van der Waals surface area (Å²) < 4.78 is 21.9. The quantitative estimate of drug-likeness (QED) is 0.801. The molecule has 3 aliphatic heterocycles. The first-order chi connectivity index (χ1) is 12.8. The van der Waals surface area contributed by atoms with E-state index in [4.69, 9.17) is 18.9 Å². The van der Waals surface area contributed by atoms with E-state index in [0.29, 0.717) is 11.8 Å². The molecule has 0 amide bonds. The average molecular weight is 364 g/mol. The lowest BCUT2D eigenvalue weighted by Crippen LogP contribution is -2.41. The fourth-order valence-corrected chi connectivity index (χ4v) is 4.21. The monoisotopic (exact) mass is 364 g/mol. The Bertz CT molecular complexity index is 620. The minimum atomic E-state index is 0.240. The summed E-state index contributed by atoms with van der Waals surface area (Å²) in [5, 5.41) is 9.85. The van der Waals surface area contributed by atoms with Crippen LogP contribution >= 0.6 is 0 Å². The molecule has 0 radical (unpaired) electrons. The molecule has 1 aromatic carbocycles. The number of aliphatic hydroxyl groups excluding tert-OH is 1. The highest BCUT2D eigenvalue weighted by atomic mass is 16.7. The van der Waals surface area contributed by atoms with Crippen molar-refractivity contribution < 1.29 is 24.1 Å². The van der Waals surface area contributed by atoms with Gasteiger partial charge in [0.05, 0.1) is 20.3 Å². The Hall–Kier alpha value is -1.54. The lowest BCUT2D eigenvalue weighted by Gasteiger charge is -2.30. The first-order valence-corrected chi connectivity index (χ1v) is 9.36. The maximum atomic E-state index is 9.85. The Morgan fingerprint density at radius 2 is 1.81 bits per heavy atom. The largest absolute Gasteiger partial charge is 0.496 e. The fraction of sp³-hybridized carbons (Fsp3) is 0.684. The number of nitrogens with zero attached hydrogens (tertiary/aromatic N) is 2. The molecule has 0 aliphatic carbocycles. The molecular formula is C19H28N2O5. The molecule has 2 unspecified atom stereocenters. The number of ether oxygens (including phenoxy) is 4. The smallest absolute Gasteiger partial charge is 0.231 e. The molecule has 3 aliphatic rings. The van der Waals surface area contributed by atoms with Crippen LogP contribution in [0.15, 0.2) is 12.1 Å². The van der Waals surface area contributed by atoms with E-state index in [1.54, 1.807) is 7.11 Å². The van der Waals surface area contributed by atoms with Crippen molar-refractivity contribution in [2.75, 3.05) is 66.4 Å². The molecule has 0 aromatic heterocycles. The molecule has 0 spiro atoms. The summed E-state index contributed by atoms with van der Waals surface area (Å²) in [4.78, 5) is 4.87. The molecule has 4 rings (SSSR count). The SMILES string of the molecule is COc1cc2c(cc1CN1CC(CO)C(CN3CCOCC3)C1)OCO2. The maximum Gasteiger partial charge on any atom is 0.231 e. The maximum absolute atomic E-state index is 9.85. The van der Waals surface area contributed by atoms with Crippen LogP contribution in [0.4, 0.5) is 0 Å². The van der Waals surface area contributed by atoms with Crippen LogP contribution in [-0.2, 0) is 11.3 Å². The number of fused-ring (bicyclic) bond motifs is 1. The van der Waals surface area contributed by atoms with E-state index < -0.39 is 0 Å². The lowest BCUT2D eigenvalue weighted by atomic mass is 9.96. The van der Waals surface area contributed by atoms with E-state index in [0.717, 1.165) is 75.3 Å². The topological polar surface area (TPSA) is 63.6 Å². The van der Waals surface area contributed by atoms with E-state index in [9.17, 15) is 5.11 Å². The highest BCUT2D eigenvalue weighted by Crippen LogP contribution is 2.39. The third-order valence-corrected chi connectivity index (χ3v) is 5.65. The van der Waals surface area contributed by atoms with Gasteiger partial charge in [-0.1, -0.05) is 0 Å². The van der Waals surface area contributed by atoms with Crippen molar-refractivity contribution in [3.63, 3.8) is 0 Å². The summed E-state index contributed by atoms with van der Waals surface area (Å²) in [6.45, 7) is 7.82. The minimum Gasteiger partial charge on any atom is -0.496 e. The molecule has 144 valence electrons. The highest BCUT2D eigenvalue weighted by molar-refractivity contribution is 5.51. The van der Waals surface area contributed by atoms with Crippen LogP contribution < -0.4 is 14.2 Å². The van der Waals surface area contributed by atoms with Gasteiger partial charge in [0.15, 0.2) is 11.5 Å². The van der Waals surface area contributed by atoms with Crippen LogP contribution in [0.3, 0.4) is 0 Å². The predicted molar refractivity (Wildman–Crippen MR) is 95.7 cm³/mol. The van der Waals surface area contributed by atoms with E-state index in [-0.39, 0.29) is 13.4 Å². The number of hydrogen-bond donors (Lipinski definition) is 1. The Kier molecular flexibility index (Phi) is 5.49. The molecule has 1 aromatic rings. The molecule has 2 saturated heterocycles. The third kappa shape index (κ3) is 3.76. The van der Waals surface area contributed by atoms with E-state index in [2.05, 4.69) is 9.80 Å². The highest BCUT2D eigenvalue weighted by Gasteiger charge is 2.34. The predicted octanol–water partition coefficient (Wildman–Crippen LogP) is 0.796. The summed E-state index contributed by atoms with van der Waals surface area (Å²) in [6, 6.07) is 3.92.